The van der Waals surface area contributed by atoms with Crippen molar-refractivity contribution >= 4 is 5.97 Å². The van der Waals surface area contributed by atoms with Gasteiger partial charge in [-0.2, -0.15) is 0 Å². The quantitative estimate of drug-likeness (QED) is 0.116. The van der Waals surface area contributed by atoms with E-state index in [0.717, 1.165) is 44.9 Å². The molecule has 7 fully saturated rings. The summed E-state index contributed by atoms with van der Waals surface area (Å²) >= 11 is 0. The van der Waals surface area contributed by atoms with Crippen LogP contribution in [0.15, 0.2) is 11.6 Å². The third-order valence-electron chi connectivity index (χ3n) is 19.1. The minimum atomic E-state index is -1.82. The first-order valence-corrected chi connectivity index (χ1v) is 23.7. The van der Waals surface area contributed by atoms with Gasteiger partial charge in [0.05, 0.1) is 37.4 Å². The first kappa shape index (κ1) is 49.0. The fraction of sp³-hybridized carbons (Fsp3) is 0.936. The molecule has 17 heteroatoms. The second-order valence-electron chi connectivity index (χ2n) is 22.9. The SMILES string of the molecule is C[C@H]1O[C@H](O[C@@H]2[C@@H](O[C@@H]3CC[C@]4(C)[C@H](CC[C@@]5(C)[C@H]4CC=C4[C@H]6CC(C)(C)CC[C@@]6(C(=O)O)CC[C@@]45C)[C@@]3(C)CO)OC[C@@H](O)[C@H]2O)[C@@H](O)[C@@H](O[C@H]2O[C@@H](CO)[C@H](O)[C@@H](O)[C@@H]2O)[C@@H]1O. The van der Waals surface area contributed by atoms with Crippen LogP contribution in [0.5, 0.6) is 0 Å². The van der Waals surface area contributed by atoms with Crippen LogP contribution >= 0.6 is 0 Å². The number of ether oxygens (including phenoxy) is 6. The minimum Gasteiger partial charge on any atom is -0.481 e. The van der Waals surface area contributed by atoms with E-state index in [1.54, 1.807) is 0 Å². The van der Waals surface area contributed by atoms with Gasteiger partial charge in [0.15, 0.2) is 18.9 Å². The molecule has 23 atom stereocenters. The second kappa shape index (κ2) is 17.2. The van der Waals surface area contributed by atoms with Crippen molar-refractivity contribution in [3.05, 3.63) is 11.6 Å². The van der Waals surface area contributed by atoms with E-state index in [-0.39, 0.29) is 52.6 Å². The van der Waals surface area contributed by atoms with Crippen molar-refractivity contribution in [1.82, 2.24) is 0 Å². The average molecular weight is 913 g/mol. The van der Waals surface area contributed by atoms with Crippen LogP contribution in [0.4, 0.5) is 0 Å². The lowest BCUT2D eigenvalue weighted by Gasteiger charge is -2.71. The van der Waals surface area contributed by atoms with E-state index < -0.39 is 116 Å². The highest BCUT2D eigenvalue weighted by Crippen LogP contribution is 2.76. The summed E-state index contributed by atoms with van der Waals surface area (Å²) in [7, 11) is 0. The number of fused-ring (bicyclic) bond motifs is 7. The molecule has 0 aromatic carbocycles. The monoisotopic (exact) mass is 913 g/mol. The van der Waals surface area contributed by atoms with Crippen LogP contribution in [0.1, 0.15) is 113 Å². The first-order chi connectivity index (χ1) is 29.9. The molecule has 64 heavy (non-hydrogen) atoms. The number of aliphatic hydroxyl groups excluding tert-OH is 9. The summed E-state index contributed by atoms with van der Waals surface area (Å²) in [6.45, 7) is 14.1. The summed E-state index contributed by atoms with van der Waals surface area (Å²) < 4.78 is 36.1. The van der Waals surface area contributed by atoms with Crippen LogP contribution in [0.2, 0.25) is 0 Å². The molecule has 8 rings (SSSR count). The van der Waals surface area contributed by atoms with Gasteiger partial charge in [-0.1, -0.05) is 53.2 Å². The van der Waals surface area contributed by atoms with Crippen molar-refractivity contribution in [3.8, 4) is 0 Å². The number of hydrogen-bond donors (Lipinski definition) is 10. The number of carboxylic acid groups (broad SMARTS) is 1. The molecular formula is C47H76O17. The van der Waals surface area contributed by atoms with Crippen LogP contribution in [0.25, 0.3) is 0 Å². The van der Waals surface area contributed by atoms with E-state index in [1.165, 1.54) is 12.5 Å². The Morgan fingerprint density at radius 1 is 0.719 bits per heavy atom. The molecule has 5 aliphatic carbocycles. The van der Waals surface area contributed by atoms with Crippen molar-refractivity contribution in [3.63, 3.8) is 0 Å². The predicted octanol–water partition coefficient (Wildman–Crippen LogP) is 1.35. The van der Waals surface area contributed by atoms with E-state index in [0.29, 0.717) is 19.3 Å². The Morgan fingerprint density at radius 3 is 2.06 bits per heavy atom. The number of aliphatic carboxylic acids is 1. The maximum Gasteiger partial charge on any atom is 0.310 e. The lowest BCUT2D eigenvalue weighted by Crippen LogP contribution is -2.67. The molecule has 3 aliphatic heterocycles. The van der Waals surface area contributed by atoms with Crippen LogP contribution in [-0.2, 0) is 33.2 Å². The Hall–Kier alpha value is -1.39. The summed E-state index contributed by atoms with van der Waals surface area (Å²) in [5.41, 5.74) is -0.609. The molecule has 17 nitrogen and oxygen atoms in total. The molecule has 3 heterocycles. The normalized spacial score (nSPS) is 55.0. The molecule has 0 radical (unpaired) electrons. The molecule has 3 saturated heterocycles. The fourth-order valence-electron chi connectivity index (χ4n) is 14.8. The van der Waals surface area contributed by atoms with Crippen LogP contribution in [0.3, 0.4) is 0 Å². The van der Waals surface area contributed by atoms with Gasteiger partial charge in [-0.05, 0) is 111 Å². The van der Waals surface area contributed by atoms with Gasteiger partial charge in [-0.3, -0.25) is 4.79 Å². The van der Waals surface area contributed by atoms with Gasteiger partial charge < -0.3 is 79.5 Å². The van der Waals surface area contributed by atoms with Crippen molar-refractivity contribution in [2.24, 2.45) is 50.2 Å². The highest BCUT2D eigenvalue weighted by molar-refractivity contribution is 5.76. The van der Waals surface area contributed by atoms with Gasteiger partial charge in [-0.25, -0.2) is 0 Å². The number of hydrogen-bond acceptors (Lipinski definition) is 16. The smallest absolute Gasteiger partial charge is 0.310 e. The summed E-state index contributed by atoms with van der Waals surface area (Å²) in [6.07, 6.45) is -11.9. The zero-order valence-corrected chi connectivity index (χ0v) is 38.5. The molecule has 0 unspecified atom stereocenters. The summed E-state index contributed by atoms with van der Waals surface area (Å²) in [5, 5.41) is 108. The van der Waals surface area contributed by atoms with E-state index >= 15 is 0 Å². The molecule has 0 spiro atoms. The van der Waals surface area contributed by atoms with Gasteiger partial charge in [0.2, 0.25) is 0 Å². The molecule has 10 N–H and O–H groups in total. The third-order valence-corrected chi connectivity index (χ3v) is 19.1. The summed E-state index contributed by atoms with van der Waals surface area (Å²) in [6, 6.07) is 0. The maximum absolute atomic E-state index is 13.1. The molecule has 4 saturated carbocycles. The lowest BCUT2D eigenvalue weighted by atomic mass is 9.33. The largest absolute Gasteiger partial charge is 0.481 e. The van der Waals surface area contributed by atoms with E-state index in [1.807, 2.05) is 6.92 Å². The van der Waals surface area contributed by atoms with E-state index in [9.17, 15) is 55.9 Å². The molecule has 8 aliphatic rings. The minimum absolute atomic E-state index is 0.00330. The Kier molecular flexibility index (Phi) is 13.2. The summed E-state index contributed by atoms with van der Waals surface area (Å²) in [5.74, 6) is -0.391. The van der Waals surface area contributed by atoms with Crippen LogP contribution < -0.4 is 0 Å². The zero-order chi connectivity index (χ0) is 46.7. The molecule has 0 aromatic rings. The second-order valence-corrected chi connectivity index (χ2v) is 22.9. The zero-order valence-electron chi connectivity index (χ0n) is 38.5. The van der Waals surface area contributed by atoms with Crippen molar-refractivity contribution in [2.75, 3.05) is 19.8 Å². The van der Waals surface area contributed by atoms with Gasteiger partial charge in [-0.15, -0.1) is 0 Å². The first-order valence-electron chi connectivity index (χ1n) is 23.7. The number of carboxylic acids is 1. The fourth-order valence-corrected chi connectivity index (χ4v) is 14.8. The number of carbonyl (C=O) groups is 1. The molecule has 366 valence electrons. The van der Waals surface area contributed by atoms with E-state index in [2.05, 4.69) is 40.7 Å². The lowest BCUT2D eigenvalue weighted by molar-refractivity contribution is -0.383. The number of rotatable bonds is 9. The van der Waals surface area contributed by atoms with Crippen LogP contribution in [-0.4, -0.2) is 169 Å². The highest BCUT2D eigenvalue weighted by Gasteiger charge is 2.70. The highest BCUT2D eigenvalue weighted by atomic mass is 16.8. The Labute approximate surface area is 376 Å². The number of aliphatic hydroxyl groups is 9. The average Bonchev–Trinajstić information content (AvgIpc) is 3.24. The van der Waals surface area contributed by atoms with Crippen molar-refractivity contribution < 1.29 is 84.3 Å². The molecule has 0 amide bonds. The molecule has 0 bridgehead atoms. The predicted molar refractivity (Wildman–Crippen MR) is 225 cm³/mol. The van der Waals surface area contributed by atoms with E-state index in [4.69, 9.17) is 28.4 Å². The van der Waals surface area contributed by atoms with Gasteiger partial charge >= 0.3 is 5.97 Å². The van der Waals surface area contributed by atoms with Gasteiger partial charge in [0, 0.05) is 5.41 Å². The Bertz CT molecular complexity index is 1750. The van der Waals surface area contributed by atoms with Gasteiger partial charge in [0.1, 0.15) is 61.0 Å². The summed E-state index contributed by atoms with van der Waals surface area (Å²) in [4.78, 5) is 13.1. The molecular weight excluding hydrogens is 837 g/mol. The van der Waals surface area contributed by atoms with Crippen molar-refractivity contribution in [1.29, 1.82) is 0 Å². The standard InChI is InChI=1S/C47H76O17/c1-22-30(51)36(63-38-34(55)33(54)32(53)26(19-48)61-38)35(56)39(60-22)64-37-31(52)25(50)20-59-40(37)62-29-11-12-43(4)27(44(29,5)21-49)10-13-46(7)28(43)9-8-23-24-18-42(2,3)14-16-47(24,41(57)58)17-15-45(23,46)6/h8,22,24-40,48-56H,9-21H2,1-7H3,(H,57,58)/t22-,24-,25-,26+,27+,28+,29-,30-,31-,32+,33-,34+,35+,36+,37+,38-,39-,40-,43-,44-,45+,46+,47-/m1/s1. The number of allylic oxidation sites excluding steroid dienone is 2. The topological polar surface area (TPSA) is 275 Å². The Morgan fingerprint density at radius 2 is 1.39 bits per heavy atom. The van der Waals surface area contributed by atoms with Crippen LogP contribution in [0, 0.1) is 50.2 Å². The van der Waals surface area contributed by atoms with Gasteiger partial charge in [0.25, 0.3) is 0 Å². The third kappa shape index (κ3) is 7.49. The Balaban J connectivity index is 1.01. The maximum atomic E-state index is 13.1. The molecule has 0 aromatic heterocycles. The van der Waals surface area contributed by atoms with Crippen molar-refractivity contribution in [2.45, 2.75) is 205 Å².